The minimum absolute atomic E-state index is 0.00377. The Hall–Kier alpha value is -1.77. The molecule has 0 aliphatic carbocycles. The number of aliphatic hydroxyl groups is 1. The molecular weight excluding hydrogens is 318 g/mol. The molecule has 2 amide bonds. The number of carbonyl (C=O) groups excluding carboxylic acids is 1. The number of nitrogens with zero attached hydrogens (tertiary/aromatic N) is 1. The number of carboxylic acid groups (broad SMARTS) is 1. The first-order chi connectivity index (χ1) is 11.0. The molecule has 1 aromatic carbocycles. The molecule has 2 aliphatic rings. The Morgan fingerprint density at radius 1 is 1.48 bits per heavy atom. The molecule has 1 aromatic rings. The Kier molecular flexibility index (Phi) is 4.74. The van der Waals surface area contributed by atoms with Crippen molar-refractivity contribution in [3.8, 4) is 0 Å². The van der Waals surface area contributed by atoms with Crippen LogP contribution in [0.2, 0.25) is 0 Å². The van der Waals surface area contributed by atoms with Gasteiger partial charge in [0.05, 0.1) is 24.1 Å². The highest BCUT2D eigenvalue weighted by Crippen LogP contribution is 2.32. The third-order valence-electron chi connectivity index (χ3n) is 4.10. The van der Waals surface area contributed by atoms with E-state index in [-0.39, 0.29) is 18.5 Å². The number of β-amino-alcohol motifs (C(OH)–C–C–N with tert-alkyl or cyclic N) is 1. The standard InChI is InChI=1S/C15H19N3O4S/c19-12-7-18(15(21)22)4-3-10(12)16-6-9-1-2-13-11(5-9)17-14(20)8-23-13/h1-2,5,10,12,16,19H,3-4,6-8H2,(H,17,20)(H,21,22)/t10-,12-/m0/s1. The van der Waals surface area contributed by atoms with E-state index < -0.39 is 12.2 Å². The van der Waals surface area contributed by atoms with Crippen LogP contribution < -0.4 is 10.6 Å². The quantitative estimate of drug-likeness (QED) is 0.655. The van der Waals surface area contributed by atoms with Crippen molar-refractivity contribution in [3.63, 3.8) is 0 Å². The Balaban J connectivity index is 1.58. The summed E-state index contributed by atoms with van der Waals surface area (Å²) in [6, 6.07) is 5.78. The first kappa shape index (κ1) is 16.1. The van der Waals surface area contributed by atoms with E-state index in [0.29, 0.717) is 25.3 Å². The van der Waals surface area contributed by atoms with E-state index in [9.17, 15) is 14.7 Å². The molecule has 1 fully saturated rings. The van der Waals surface area contributed by atoms with Crippen molar-refractivity contribution in [1.82, 2.24) is 10.2 Å². The summed E-state index contributed by atoms with van der Waals surface area (Å²) in [6.07, 6.45) is -1.14. The predicted octanol–water partition coefficient (Wildman–Crippen LogP) is 0.934. The molecule has 2 aliphatic heterocycles. The summed E-state index contributed by atoms with van der Waals surface area (Å²) in [5.41, 5.74) is 1.84. The van der Waals surface area contributed by atoms with Gasteiger partial charge in [0.2, 0.25) is 5.91 Å². The maximum Gasteiger partial charge on any atom is 0.407 e. The number of likely N-dealkylation sites (tertiary alicyclic amines) is 1. The zero-order chi connectivity index (χ0) is 16.4. The number of aliphatic hydroxyl groups excluding tert-OH is 1. The fourth-order valence-corrected chi connectivity index (χ4v) is 3.62. The van der Waals surface area contributed by atoms with Crippen LogP contribution in [0, 0.1) is 0 Å². The number of rotatable bonds is 3. The molecule has 23 heavy (non-hydrogen) atoms. The molecule has 2 atom stereocenters. The largest absolute Gasteiger partial charge is 0.465 e. The van der Waals surface area contributed by atoms with E-state index >= 15 is 0 Å². The van der Waals surface area contributed by atoms with Crippen LogP contribution in [-0.2, 0) is 11.3 Å². The predicted molar refractivity (Wildman–Crippen MR) is 86.6 cm³/mol. The fraction of sp³-hybridized carbons (Fsp3) is 0.467. The normalized spacial score (nSPS) is 24.0. The monoisotopic (exact) mass is 337 g/mol. The Morgan fingerprint density at radius 2 is 2.30 bits per heavy atom. The second kappa shape index (κ2) is 6.77. The SMILES string of the molecule is O=C1CSc2ccc(CN[C@H]3CCN(C(=O)O)C[C@@H]3O)cc2N1. The van der Waals surface area contributed by atoms with Gasteiger partial charge in [-0.2, -0.15) is 0 Å². The number of carbonyl (C=O) groups is 2. The van der Waals surface area contributed by atoms with Gasteiger partial charge in [-0.25, -0.2) is 4.79 Å². The van der Waals surface area contributed by atoms with Gasteiger partial charge in [0, 0.05) is 24.0 Å². The van der Waals surface area contributed by atoms with Crippen molar-refractivity contribution in [3.05, 3.63) is 23.8 Å². The van der Waals surface area contributed by atoms with Gasteiger partial charge < -0.3 is 25.7 Å². The molecule has 4 N–H and O–H groups in total. The first-order valence-corrected chi connectivity index (χ1v) is 8.46. The summed E-state index contributed by atoms with van der Waals surface area (Å²) < 4.78 is 0. The molecule has 7 nitrogen and oxygen atoms in total. The van der Waals surface area contributed by atoms with Gasteiger partial charge >= 0.3 is 6.09 Å². The van der Waals surface area contributed by atoms with Crippen molar-refractivity contribution in [2.75, 3.05) is 24.2 Å². The lowest BCUT2D eigenvalue weighted by atomic mass is 10.0. The van der Waals surface area contributed by atoms with Gasteiger partial charge in [-0.1, -0.05) is 6.07 Å². The Labute approximate surface area is 138 Å². The van der Waals surface area contributed by atoms with E-state index in [1.54, 1.807) is 0 Å². The summed E-state index contributed by atoms with van der Waals surface area (Å²) in [4.78, 5) is 24.6. The number of piperidine rings is 1. The highest BCUT2D eigenvalue weighted by molar-refractivity contribution is 8.00. The number of thioether (sulfide) groups is 1. The number of anilines is 1. The number of benzene rings is 1. The highest BCUT2D eigenvalue weighted by Gasteiger charge is 2.29. The summed E-state index contributed by atoms with van der Waals surface area (Å²) in [5, 5.41) is 25.1. The van der Waals surface area contributed by atoms with E-state index in [4.69, 9.17) is 5.11 Å². The number of nitrogens with one attached hydrogen (secondary N) is 2. The number of hydrogen-bond donors (Lipinski definition) is 4. The van der Waals surface area contributed by atoms with Crippen molar-refractivity contribution >= 4 is 29.4 Å². The summed E-state index contributed by atoms with van der Waals surface area (Å²) in [6.45, 7) is 1.10. The smallest absolute Gasteiger partial charge is 0.407 e. The molecule has 1 saturated heterocycles. The molecule has 0 spiro atoms. The maximum atomic E-state index is 11.4. The van der Waals surface area contributed by atoms with Crippen LogP contribution in [0.4, 0.5) is 10.5 Å². The molecule has 0 bridgehead atoms. The average molecular weight is 337 g/mol. The molecule has 0 radical (unpaired) electrons. The zero-order valence-corrected chi connectivity index (χ0v) is 13.3. The van der Waals surface area contributed by atoms with Crippen LogP contribution >= 0.6 is 11.8 Å². The Bertz CT molecular complexity index is 625. The second-order valence-electron chi connectivity index (χ2n) is 5.74. The van der Waals surface area contributed by atoms with Crippen molar-refractivity contribution in [1.29, 1.82) is 0 Å². The topological polar surface area (TPSA) is 102 Å². The van der Waals surface area contributed by atoms with Crippen LogP contribution in [0.15, 0.2) is 23.1 Å². The average Bonchev–Trinajstić information content (AvgIpc) is 2.53. The second-order valence-corrected chi connectivity index (χ2v) is 6.76. The summed E-state index contributed by atoms with van der Waals surface area (Å²) >= 11 is 1.52. The molecule has 0 saturated carbocycles. The van der Waals surface area contributed by atoms with Gasteiger partial charge in [-0.3, -0.25) is 4.79 Å². The van der Waals surface area contributed by atoms with Gasteiger partial charge in [0.15, 0.2) is 0 Å². The minimum atomic E-state index is -0.995. The highest BCUT2D eigenvalue weighted by atomic mass is 32.2. The number of hydrogen-bond acceptors (Lipinski definition) is 5. The van der Waals surface area contributed by atoms with E-state index in [1.165, 1.54) is 16.7 Å². The molecule has 2 heterocycles. The van der Waals surface area contributed by atoms with Gasteiger partial charge in [-0.15, -0.1) is 11.8 Å². The lowest BCUT2D eigenvalue weighted by Gasteiger charge is -2.34. The summed E-state index contributed by atoms with van der Waals surface area (Å²) in [5.74, 6) is 0.447. The van der Waals surface area contributed by atoms with Crippen molar-refractivity contribution < 1.29 is 19.8 Å². The van der Waals surface area contributed by atoms with E-state index in [0.717, 1.165) is 16.1 Å². The van der Waals surface area contributed by atoms with Crippen LogP contribution in [0.1, 0.15) is 12.0 Å². The number of fused-ring (bicyclic) bond motifs is 1. The molecule has 3 rings (SSSR count). The third-order valence-corrected chi connectivity index (χ3v) is 5.17. The molecule has 0 unspecified atom stereocenters. The first-order valence-electron chi connectivity index (χ1n) is 7.48. The number of amides is 2. The molecule has 0 aromatic heterocycles. The maximum absolute atomic E-state index is 11.4. The molecule has 8 heteroatoms. The van der Waals surface area contributed by atoms with E-state index in [1.807, 2.05) is 18.2 Å². The third kappa shape index (κ3) is 3.77. The van der Waals surface area contributed by atoms with Crippen molar-refractivity contribution in [2.24, 2.45) is 0 Å². The Morgan fingerprint density at radius 3 is 3.04 bits per heavy atom. The van der Waals surface area contributed by atoms with Crippen LogP contribution in [0.3, 0.4) is 0 Å². The minimum Gasteiger partial charge on any atom is -0.465 e. The molecular formula is C15H19N3O4S. The molecule has 124 valence electrons. The van der Waals surface area contributed by atoms with Gasteiger partial charge in [0.25, 0.3) is 0 Å². The van der Waals surface area contributed by atoms with Crippen LogP contribution in [0.25, 0.3) is 0 Å². The van der Waals surface area contributed by atoms with Gasteiger partial charge in [0.1, 0.15) is 0 Å². The van der Waals surface area contributed by atoms with Crippen molar-refractivity contribution in [2.45, 2.75) is 30.0 Å². The lowest BCUT2D eigenvalue weighted by Crippen LogP contribution is -2.53. The fourth-order valence-electron chi connectivity index (χ4n) is 2.83. The zero-order valence-electron chi connectivity index (χ0n) is 12.5. The van der Waals surface area contributed by atoms with Crippen LogP contribution in [-0.4, -0.2) is 58.1 Å². The summed E-state index contributed by atoms with van der Waals surface area (Å²) in [7, 11) is 0. The van der Waals surface area contributed by atoms with E-state index in [2.05, 4.69) is 10.6 Å². The lowest BCUT2D eigenvalue weighted by molar-refractivity contribution is -0.113. The van der Waals surface area contributed by atoms with Crippen LogP contribution in [0.5, 0.6) is 0 Å². The van der Waals surface area contributed by atoms with Gasteiger partial charge in [-0.05, 0) is 24.1 Å².